The first-order valence-corrected chi connectivity index (χ1v) is 9.94. The number of hydrogen-bond donors (Lipinski definition) is 0. The number of halogens is 4. The largest absolute Gasteiger partial charge is 0.489 e. The number of benzene rings is 3. The summed E-state index contributed by atoms with van der Waals surface area (Å²) in [7, 11) is 0. The fourth-order valence-electron chi connectivity index (χ4n) is 3.11. The van der Waals surface area contributed by atoms with Gasteiger partial charge in [-0.25, -0.2) is 0 Å². The molecule has 0 N–H and O–H groups in total. The maximum atomic E-state index is 13.6. The van der Waals surface area contributed by atoms with Crippen LogP contribution in [0.3, 0.4) is 0 Å². The van der Waals surface area contributed by atoms with Crippen LogP contribution in [0.2, 0.25) is 5.02 Å². The van der Waals surface area contributed by atoms with Gasteiger partial charge in [-0.1, -0.05) is 54.1 Å². The average Bonchev–Trinajstić information content (AvgIpc) is 3.11. The lowest BCUT2D eigenvalue weighted by Gasteiger charge is -2.11. The van der Waals surface area contributed by atoms with Crippen LogP contribution in [0, 0.1) is 0 Å². The molecular formula is C24H16ClF3N2O2. The molecule has 0 atom stereocenters. The van der Waals surface area contributed by atoms with Crippen molar-refractivity contribution in [1.82, 2.24) is 0 Å². The zero-order chi connectivity index (χ0) is 22.7. The molecule has 0 unspecified atom stereocenters. The summed E-state index contributed by atoms with van der Waals surface area (Å²) in [6, 6.07) is 21.6. The van der Waals surface area contributed by atoms with Crippen molar-refractivity contribution in [3.8, 4) is 5.75 Å². The van der Waals surface area contributed by atoms with Crippen molar-refractivity contribution in [2.24, 2.45) is 5.10 Å². The molecule has 1 amide bonds. The smallest absolute Gasteiger partial charge is 0.435 e. The molecular weight excluding hydrogens is 441 g/mol. The predicted molar refractivity (Wildman–Crippen MR) is 118 cm³/mol. The number of alkyl halides is 3. The Morgan fingerprint density at radius 2 is 1.69 bits per heavy atom. The summed E-state index contributed by atoms with van der Waals surface area (Å²) in [6.07, 6.45) is -3.61. The molecule has 0 aromatic heterocycles. The third kappa shape index (κ3) is 4.84. The van der Waals surface area contributed by atoms with Gasteiger partial charge in [-0.3, -0.25) is 4.79 Å². The molecule has 4 nitrogen and oxygen atoms in total. The summed E-state index contributed by atoms with van der Waals surface area (Å²) in [5.74, 6) is -0.402. The van der Waals surface area contributed by atoms with E-state index in [2.05, 4.69) is 5.10 Å². The Morgan fingerprint density at radius 1 is 0.969 bits per heavy atom. The van der Waals surface area contributed by atoms with Crippen LogP contribution in [-0.2, 0) is 11.4 Å². The first-order valence-electron chi connectivity index (χ1n) is 9.56. The Hall–Kier alpha value is -3.58. The Labute approximate surface area is 187 Å². The molecule has 3 aromatic rings. The zero-order valence-electron chi connectivity index (χ0n) is 16.5. The van der Waals surface area contributed by atoms with Gasteiger partial charge >= 0.3 is 6.18 Å². The number of carbonyl (C=O) groups is 1. The summed E-state index contributed by atoms with van der Waals surface area (Å²) in [6.45, 7) is 0.257. The van der Waals surface area contributed by atoms with E-state index in [1.807, 2.05) is 12.1 Å². The second kappa shape index (κ2) is 8.88. The minimum atomic E-state index is -4.78. The highest BCUT2D eigenvalue weighted by atomic mass is 35.5. The summed E-state index contributed by atoms with van der Waals surface area (Å²) in [5.41, 5.74) is -0.249. The molecule has 1 heterocycles. The van der Waals surface area contributed by atoms with E-state index in [0.29, 0.717) is 16.3 Å². The fraction of sp³-hybridized carbons (Fsp3) is 0.0833. The Balaban J connectivity index is 1.60. The number of amides is 1. The third-order valence-corrected chi connectivity index (χ3v) is 4.89. The van der Waals surface area contributed by atoms with Gasteiger partial charge < -0.3 is 4.74 Å². The molecule has 0 aliphatic carbocycles. The second-order valence-electron chi connectivity index (χ2n) is 6.94. The molecule has 0 fully saturated rings. The number of rotatable bonds is 5. The summed E-state index contributed by atoms with van der Waals surface area (Å²) < 4.78 is 46.6. The number of ether oxygens (including phenoxy) is 1. The molecule has 3 aromatic carbocycles. The van der Waals surface area contributed by atoms with Crippen molar-refractivity contribution < 1.29 is 22.7 Å². The highest BCUT2D eigenvalue weighted by Crippen LogP contribution is 2.32. The summed E-state index contributed by atoms with van der Waals surface area (Å²) in [5, 5.41) is 4.93. The Morgan fingerprint density at radius 3 is 2.38 bits per heavy atom. The molecule has 0 bridgehead atoms. The number of anilines is 1. The number of carbonyl (C=O) groups excluding carboxylic acids is 1. The molecule has 162 valence electrons. The SMILES string of the molecule is O=C1/C(=C\c2cccc(OCc3ccc(Cl)cc3)c2)C(C(F)(F)F)=NN1c1ccccc1. The lowest BCUT2D eigenvalue weighted by Crippen LogP contribution is -2.25. The van der Waals surface area contributed by atoms with E-state index < -0.39 is 23.4 Å². The second-order valence-corrected chi connectivity index (χ2v) is 7.38. The van der Waals surface area contributed by atoms with E-state index in [1.54, 1.807) is 54.6 Å². The van der Waals surface area contributed by atoms with Gasteiger partial charge in [0.05, 0.1) is 11.3 Å². The molecule has 0 saturated heterocycles. The molecule has 1 aliphatic heterocycles. The summed E-state index contributed by atoms with van der Waals surface area (Å²) >= 11 is 5.87. The van der Waals surface area contributed by atoms with Crippen molar-refractivity contribution in [3.63, 3.8) is 0 Å². The molecule has 1 aliphatic rings. The third-order valence-electron chi connectivity index (χ3n) is 4.64. The number of para-hydroxylation sites is 1. The van der Waals surface area contributed by atoms with Gasteiger partial charge in [0, 0.05) is 5.02 Å². The standard InChI is InChI=1S/C24H16ClF3N2O2/c25-18-11-9-16(10-12-18)15-32-20-8-4-5-17(13-20)14-21-22(24(26,27)28)29-30(23(21)31)19-6-2-1-3-7-19/h1-14H,15H2/b21-14-. The van der Waals surface area contributed by atoms with Gasteiger partial charge in [-0.05, 0) is 53.6 Å². The van der Waals surface area contributed by atoms with Gasteiger partial charge in [0.1, 0.15) is 12.4 Å². The summed E-state index contributed by atoms with van der Waals surface area (Å²) in [4.78, 5) is 12.8. The van der Waals surface area contributed by atoms with E-state index in [4.69, 9.17) is 16.3 Å². The van der Waals surface area contributed by atoms with Crippen molar-refractivity contribution in [3.05, 3.63) is 101 Å². The Kier molecular flexibility index (Phi) is 6.01. The average molecular weight is 457 g/mol. The van der Waals surface area contributed by atoms with Crippen LogP contribution in [0.5, 0.6) is 5.75 Å². The number of nitrogens with zero attached hydrogens (tertiary/aromatic N) is 2. The van der Waals surface area contributed by atoms with Crippen LogP contribution in [0.1, 0.15) is 11.1 Å². The van der Waals surface area contributed by atoms with Gasteiger partial charge in [0.2, 0.25) is 0 Å². The van der Waals surface area contributed by atoms with Gasteiger partial charge in [-0.15, -0.1) is 0 Å². The quantitative estimate of drug-likeness (QED) is 0.425. The minimum Gasteiger partial charge on any atom is -0.489 e. The molecule has 0 radical (unpaired) electrons. The monoisotopic (exact) mass is 456 g/mol. The molecule has 32 heavy (non-hydrogen) atoms. The van der Waals surface area contributed by atoms with Crippen LogP contribution >= 0.6 is 11.6 Å². The first-order chi connectivity index (χ1) is 15.3. The molecule has 0 saturated carbocycles. The predicted octanol–water partition coefficient (Wildman–Crippen LogP) is 6.27. The zero-order valence-corrected chi connectivity index (χ0v) is 17.3. The van der Waals surface area contributed by atoms with Crippen LogP contribution in [-0.4, -0.2) is 17.8 Å². The van der Waals surface area contributed by atoms with Crippen LogP contribution < -0.4 is 9.75 Å². The van der Waals surface area contributed by atoms with Crippen LogP contribution in [0.15, 0.2) is 89.5 Å². The van der Waals surface area contributed by atoms with Crippen molar-refractivity contribution in [1.29, 1.82) is 0 Å². The minimum absolute atomic E-state index is 0.252. The van der Waals surface area contributed by atoms with Gasteiger partial charge in [-0.2, -0.15) is 23.3 Å². The topological polar surface area (TPSA) is 41.9 Å². The lowest BCUT2D eigenvalue weighted by atomic mass is 10.1. The first kappa shape index (κ1) is 21.6. The van der Waals surface area contributed by atoms with E-state index >= 15 is 0 Å². The van der Waals surface area contributed by atoms with Gasteiger partial charge in [0.25, 0.3) is 5.91 Å². The number of hydrazone groups is 1. The van der Waals surface area contributed by atoms with Crippen molar-refractivity contribution in [2.45, 2.75) is 12.8 Å². The van der Waals surface area contributed by atoms with E-state index in [0.717, 1.165) is 10.6 Å². The van der Waals surface area contributed by atoms with E-state index in [1.165, 1.54) is 18.2 Å². The van der Waals surface area contributed by atoms with Crippen LogP contribution in [0.4, 0.5) is 18.9 Å². The number of hydrogen-bond acceptors (Lipinski definition) is 3. The maximum Gasteiger partial charge on any atom is 0.435 e. The molecule has 0 spiro atoms. The maximum absolute atomic E-state index is 13.6. The lowest BCUT2D eigenvalue weighted by molar-refractivity contribution is -0.114. The molecule has 8 heteroatoms. The fourth-order valence-corrected chi connectivity index (χ4v) is 3.23. The van der Waals surface area contributed by atoms with Crippen molar-refractivity contribution >= 4 is 35.0 Å². The molecule has 4 rings (SSSR count). The van der Waals surface area contributed by atoms with Crippen LogP contribution in [0.25, 0.3) is 6.08 Å². The van der Waals surface area contributed by atoms with E-state index in [-0.39, 0.29) is 12.3 Å². The van der Waals surface area contributed by atoms with E-state index in [9.17, 15) is 18.0 Å². The highest BCUT2D eigenvalue weighted by molar-refractivity contribution is 6.34. The highest BCUT2D eigenvalue weighted by Gasteiger charge is 2.46. The van der Waals surface area contributed by atoms with Crippen molar-refractivity contribution in [2.75, 3.05) is 5.01 Å². The Bertz CT molecular complexity index is 1190. The van der Waals surface area contributed by atoms with Gasteiger partial charge in [0.15, 0.2) is 5.71 Å². The normalized spacial score (nSPS) is 15.2.